The maximum absolute atomic E-state index is 13.5. The molecule has 0 fully saturated rings. The summed E-state index contributed by atoms with van der Waals surface area (Å²) in [6, 6.07) is 4.74. The summed E-state index contributed by atoms with van der Waals surface area (Å²) in [6.45, 7) is 6.60. The van der Waals surface area contributed by atoms with Crippen LogP contribution in [0, 0.1) is 11.2 Å². The van der Waals surface area contributed by atoms with Crippen molar-refractivity contribution < 1.29 is 4.39 Å². The van der Waals surface area contributed by atoms with E-state index in [1.54, 1.807) is 12.1 Å². The summed E-state index contributed by atoms with van der Waals surface area (Å²) in [5.41, 5.74) is 0.957. The van der Waals surface area contributed by atoms with Gasteiger partial charge in [-0.25, -0.2) is 4.39 Å². The van der Waals surface area contributed by atoms with Gasteiger partial charge in [0.15, 0.2) is 0 Å². The van der Waals surface area contributed by atoms with Crippen molar-refractivity contribution in [1.82, 2.24) is 0 Å². The third-order valence-electron chi connectivity index (χ3n) is 2.85. The van der Waals surface area contributed by atoms with E-state index in [2.05, 4.69) is 36.7 Å². The van der Waals surface area contributed by atoms with E-state index in [0.29, 0.717) is 15.4 Å². The molecule has 1 rings (SSSR count). The SMILES string of the molecule is CC(C)(C)C(Br)CCCc1cc(Cl)ccc1F. The third kappa shape index (κ3) is 4.97. The standard InChI is InChI=1S/C14H19BrClF/c1-14(2,3)13(15)6-4-5-10-9-11(16)7-8-12(10)17/h7-9,13H,4-6H2,1-3H3. The van der Waals surface area contributed by atoms with E-state index >= 15 is 0 Å². The van der Waals surface area contributed by atoms with Crippen LogP contribution in [0.25, 0.3) is 0 Å². The number of hydrogen-bond acceptors (Lipinski definition) is 0. The zero-order valence-electron chi connectivity index (χ0n) is 10.6. The monoisotopic (exact) mass is 320 g/mol. The third-order valence-corrected chi connectivity index (χ3v) is 4.92. The lowest BCUT2D eigenvalue weighted by Gasteiger charge is -2.25. The first-order valence-corrected chi connectivity index (χ1v) is 7.18. The van der Waals surface area contributed by atoms with Gasteiger partial charge in [0.1, 0.15) is 5.82 Å². The minimum absolute atomic E-state index is 0.156. The fraction of sp³-hybridized carbons (Fsp3) is 0.571. The Kier molecular flexibility index (Phi) is 5.46. The molecule has 0 aromatic heterocycles. The van der Waals surface area contributed by atoms with Crippen LogP contribution in [0.5, 0.6) is 0 Å². The Morgan fingerprint density at radius 2 is 2.00 bits per heavy atom. The average molecular weight is 322 g/mol. The molecule has 96 valence electrons. The summed E-state index contributed by atoms with van der Waals surface area (Å²) >= 11 is 9.54. The van der Waals surface area contributed by atoms with Gasteiger partial charge >= 0.3 is 0 Å². The first-order valence-electron chi connectivity index (χ1n) is 5.88. The zero-order valence-corrected chi connectivity index (χ0v) is 12.9. The van der Waals surface area contributed by atoms with E-state index in [0.717, 1.165) is 19.3 Å². The smallest absolute Gasteiger partial charge is 0.126 e. The second-order valence-corrected chi connectivity index (χ2v) is 7.00. The van der Waals surface area contributed by atoms with Gasteiger partial charge in [0.2, 0.25) is 0 Å². The highest BCUT2D eigenvalue weighted by Crippen LogP contribution is 2.30. The fourth-order valence-electron chi connectivity index (χ4n) is 1.64. The van der Waals surface area contributed by atoms with Crippen LogP contribution in [-0.4, -0.2) is 4.83 Å². The van der Waals surface area contributed by atoms with Gasteiger partial charge in [-0.3, -0.25) is 0 Å². The summed E-state index contributed by atoms with van der Waals surface area (Å²) < 4.78 is 13.5. The predicted octanol–water partition coefficient (Wildman–Crippen LogP) is 5.61. The van der Waals surface area contributed by atoms with Crippen molar-refractivity contribution in [2.45, 2.75) is 44.9 Å². The van der Waals surface area contributed by atoms with E-state index in [9.17, 15) is 4.39 Å². The molecule has 3 heteroatoms. The van der Waals surface area contributed by atoms with Crippen molar-refractivity contribution >= 4 is 27.5 Å². The van der Waals surface area contributed by atoms with E-state index in [-0.39, 0.29) is 11.2 Å². The van der Waals surface area contributed by atoms with Crippen LogP contribution in [-0.2, 0) is 6.42 Å². The average Bonchev–Trinajstić information content (AvgIpc) is 2.21. The van der Waals surface area contributed by atoms with Gasteiger partial charge in [0.25, 0.3) is 0 Å². The molecular weight excluding hydrogens is 303 g/mol. The number of halogens is 3. The largest absolute Gasteiger partial charge is 0.207 e. The lowest BCUT2D eigenvalue weighted by molar-refractivity contribution is 0.380. The second kappa shape index (κ2) is 6.19. The molecule has 1 atom stereocenters. The highest BCUT2D eigenvalue weighted by Gasteiger charge is 2.21. The van der Waals surface area contributed by atoms with Crippen LogP contribution >= 0.6 is 27.5 Å². The van der Waals surface area contributed by atoms with Gasteiger partial charge in [-0.15, -0.1) is 0 Å². The molecule has 0 bridgehead atoms. The minimum atomic E-state index is -0.156. The molecule has 0 heterocycles. The van der Waals surface area contributed by atoms with Crippen molar-refractivity contribution in [1.29, 1.82) is 0 Å². The van der Waals surface area contributed by atoms with Gasteiger partial charge in [0, 0.05) is 9.85 Å². The number of benzene rings is 1. The molecule has 17 heavy (non-hydrogen) atoms. The van der Waals surface area contributed by atoms with E-state index in [4.69, 9.17) is 11.6 Å². The Hall–Kier alpha value is -0.0800. The van der Waals surface area contributed by atoms with Crippen LogP contribution in [0.1, 0.15) is 39.2 Å². The highest BCUT2D eigenvalue weighted by molar-refractivity contribution is 9.09. The molecule has 0 N–H and O–H groups in total. The van der Waals surface area contributed by atoms with Crippen LogP contribution in [0.4, 0.5) is 4.39 Å². The van der Waals surface area contributed by atoms with Gasteiger partial charge in [-0.2, -0.15) is 0 Å². The van der Waals surface area contributed by atoms with Crippen LogP contribution in [0.2, 0.25) is 5.02 Å². The molecule has 0 saturated carbocycles. The van der Waals surface area contributed by atoms with Crippen molar-refractivity contribution in [2.75, 3.05) is 0 Å². The molecule has 1 unspecified atom stereocenters. The molecule has 1 aromatic rings. The first-order chi connectivity index (χ1) is 7.80. The Bertz CT molecular complexity index is 371. The second-order valence-electron chi connectivity index (χ2n) is 5.46. The molecule has 0 nitrogen and oxygen atoms in total. The van der Waals surface area contributed by atoms with Crippen molar-refractivity contribution in [3.8, 4) is 0 Å². The van der Waals surface area contributed by atoms with Crippen molar-refractivity contribution in [3.63, 3.8) is 0 Å². The van der Waals surface area contributed by atoms with Crippen molar-refractivity contribution in [2.24, 2.45) is 5.41 Å². The molecule has 0 saturated heterocycles. The van der Waals surface area contributed by atoms with Gasteiger partial charge < -0.3 is 0 Å². The quantitative estimate of drug-likeness (QED) is 0.632. The van der Waals surface area contributed by atoms with Crippen LogP contribution in [0.3, 0.4) is 0 Å². The fourth-order valence-corrected chi connectivity index (χ4v) is 2.16. The molecule has 0 spiro atoms. The van der Waals surface area contributed by atoms with Gasteiger partial charge in [-0.05, 0) is 48.4 Å². The number of alkyl halides is 1. The summed E-state index contributed by atoms with van der Waals surface area (Å²) in [4.78, 5) is 0.456. The summed E-state index contributed by atoms with van der Waals surface area (Å²) in [5, 5.41) is 0.604. The van der Waals surface area contributed by atoms with Gasteiger partial charge in [-0.1, -0.05) is 48.3 Å². The number of aryl methyl sites for hydroxylation is 1. The van der Waals surface area contributed by atoms with E-state index in [1.807, 2.05) is 0 Å². The Labute approximate surface area is 117 Å². The summed E-state index contributed by atoms with van der Waals surface area (Å²) in [7, 11) is 0. The molecule has 0 aliphatic rings. The Morgan fingerprint density at radius 1 is 1.35 bits per heavy atom. The maximum atomic E-state index is 13.5. The predicted molar refractivity (Wildman–Crippen MR) is 76.5 cm³/mol. The maximum Gasteiger partial charge on any atom is 0.126 e. The molecule has 0 amide bonds. The van der Waals surface area contributed by atoms with Crippen LogP contribution < -0.4 is 0 Å². The number of rotatable bonds is 4. The normalized spacial score (nSPS) is 13.8. The molecular formula is C14H19BrClF. The molecule has 1 aromatic carbocycles. The molecule has 0 aliphatic heterocycles. The lowest BCUT2D eigenvalue weighted by atomic mass is 9.89. The summed E-state index contributed by atoms with van der Waals surface area (Å²) in [6.07, 6.45) is 2.74. The van der Waals surface area contributed by atoms with Crippen LogP contribution in [0.15, 0.2) is 18.2 Å². The molecule has 0 aliphatic carbocycles. The lowest BCUT2D eigenvalue weighted by Crippen LogP contribution is -2.20. The first kappa shape index (κ1) is 15.0. The number of hydrogen-bond donors (Lipinski definition) is 0. The molecule has 0 radical (unpaired) electrons. The minimum Gasteiger partial charge on any atom is -0.207 e. The van der Waals surface area contributed by atoms with Crippen molar-refractivity contribution in [3.05, 3.63) is 34.6 Å². The highest BCUT2D eigenvalue weighted by atomic mass is 79.9. The zero-order chi connectivity index (χ0) is 13.1. The Morgan fingerprint density at radius 3 is 2.59 bits per heavy atom. The van der Waals surface area contributed by atoms with Gasteiger partial charge in [0.05, 0.1) is 0 Å². The summed E-state index contributed by atoms with van der Waals surface area (Å²) in [5.74, 6) is -0.156. The Balaban J connectivity index is 2.49. The topological polar surface area (TPSA) is 0 Å². The van der Waals surface area contributed by atoms with E-state index < -0.39 is 0 Å². The van der Waals surface area contributed by atoms with E-state index in [1.165, 1.54) is 6.07 Å².